The number of rotatable bonds is 9. The minimum absolute atomic E-state index is 0.0634. The molecule has 210 valence electrons. The summed E-state index contributed by atoms with van der Waals surface area (Å²) < 4.78 is 46.0. The van der Waals surface area contributed by atoms with Gasteiger partial charge < -0.3 is 26.0 Å². The van der Waals surface area contributed by atoms with Crippen LogP contribution in [0.1, 0.15) is 45.7 Å². The molecule has 2 aromatic heterocycles. The Balaban J connectivity index is 1.49. The molecule has 1 atom stereocenters. The van der Waals surface area contributed by atoms with Crippen molar-refractivity contribution >= 4 is 58.0 Å². The molecule has 1 aromatic carbocycles. The van der Waals surface area contributed by atoms with E-state index in [2.05, 4.69) is 26.0 Å². The Labute approximate surface area is 232 Å². The summed E-state index contributed by atoms with van der Waals surface area (Å²) in [6.45, 7) is -0.514. The van der Waals surface area contributed by atoms with Gasteiger partial charge in [0.15, 0.2) is 0 Å². The lowest BCUT2D eigenvalue weighted by atomic mass is 10.0. The quantitative estimate of drug-likeness (QED) is 0.281. The van der Waals surface area contributed by atoms with Crippen LogP contribution in [0.2, 0.25) is 0 Å². The number of carbonyl (C=O) groups excluding carboxylic acids is 5. The number of thiophene rings is 2. The number of nitrogens with one attached hydrogen (secondary N) is 4. The molecule has 4 N–H and O–H groups in total. The van der Waals surface area contributed by atoms with Gasteiger partial charge in [-0.3, -0.25) is 19.2 Å². The molecule has 0 saturated carbocycles. The number of halogens is 3. The molecule has 0 radical (unpaired) electrons. The number of methoxy groups -OCH3 is 1. The topological polar surface area (TPSA) is 143 Å². The molecule has 3 aromatic rings. The lowest BCUT2D eigenvalue weighted by Crippen LogP contribution is -2.49. The monoisotopic (exact) mass is 594 g/mol. The molecule has 0 spiro atoms. The van der Waals surface area contributed by atoms with Crippen LogP contribution in [0, 0.1) is 0 Å². The number of hydrogen-bond donors (Lipinski definition) is 4. The van der Waals surface area contributed by atoms with Crippen LogP contribution in [-0.2, 0) is 33.5 Å². The SMILES string of the molecule is COC(=O)C(CNC(=O)c1cccs1)NC(=O)c1sc(C(=O)NCc2cccc3c2CC(=O)N3)cc1C(F)(F)F. The summed E-state index contributed by atoms with van der Waals surface area (Å²) in [4.78, 5) is 60.8. The van der Waals surface area contributed by atoms with Crippen LogP contribution >= 0.6 is 22.7 Å². The first-order chi connectivity index (χ1) is 19.0. The highest BCUT2D eigenvalue weighted by molar-refractivity contribution is 7.16. The van der Waals surface area contributed by atoms with E-state index in [9.17, 15) is 37.1 Å². The van der Waals surface area contributed by atoms with Crippen LogP contribution in [0.5, 0.6) is 0 Å². The normalized spacial score (nSPS) is 13.2. The third kappa shape index (κ3) is 6.48. The summed E-state index contributed by atoms with van der Waals surface area (Å²) in [6.07, 6.45) is -4.87. The van der Waals surface area contributed by atoms with Crippen molar-refractivity contribution in [1.29, 1.82) is 0 Å². The van der Waals surface area contributed by atoms with Crippen molar-refractivity contribution in [3.8, 4) is 0 Å². The Morgan fingerprint density at radius 3 is 2.48 bits per heavy atom. The highest BCUT2D eigenvalue weighted by Gasteiger charge is 2.39. The highest BCUT2D eigenvalue weighted by Crippen LogP contribution is 2.37. The fourth-order valence-corrected chi connectivity index (χ4v) is 5.51. The molecule has 0 bridgehead atoms. The van der Waals surface area contributed by atoms with Gasteiger partial charge in [-0.25, -0.2) is 4.79 Å². The van der Waals surface area contributed by atoms with E-state index in [1.54, 1.807) is 29.6 Å². The second-order valence-electron chi connectivity index (χ2n) is 8.44. The van der Waals surface area contributed by atoms with E-state index in [-0.39, 0.29) is 23.7 Å². The Hall–Kier alpha value is -4.24. The number of amides is 4. The molecule has 0 saturated heterocycles. The van der Waals surface area contributed by atoms with Gasteiger partial charge in [0.25, 0.3) is 17.7 Å². The van der Waals surface area contributed by atoms with Crippen molar-refractivity contribution < 1.29 is 41.9 Å². The van der Waals surface area contributed by atoms with E-state index < -0.39 is 52.9 Å². The van der Waals surface area contributed by atoms with Gasteiger partial charge >= 0.3 is 12.1 Å². The summed E-state index contributed by atoms with van der Waals surface area (Å²) >= 11 is 1.43. The minimum atomic E-state index is -4.98. The van der Waals surface area contributed by atoms with Gasteiger partial charge in [0.2, 0.25) is 5.91 Å². The van der Waals surface area contributed by atoms with Crippen LogP contribution in [-0.4, -0.2) is 49.3 Å². The molecule has 1 aliphatic rings. The first-order valence-corrected chi connectivity index (χ1v) is 13.3. The van der Waals surface area contributed by atoms with Gasteiger partial charge in [-0.1, -0.05) is 18.2 Å². The second-order valence-corrected chi connectivity index (χ2v) is 10.4. The Morgan fingerprint density at radius 2 is 1.80 bits per heavy atom. The van der Waals surface area contributed by atoms with E-state index in [0.717, 1.165) is 18.4 Å². The number of esters is 1. The zero-order valence-electron chi connectivity index (χ0n) is 20.6. The maximum Gasteiger partial charge on any atom is 0.418 e. The molecule has 1 unspecified atom stereocenters. The predicted molar refractivity (Wildman–Crippen MR) is 139 cm³/mol. The largest absolute Gasteiger partial charge is 0.467 e. The van der Waals surface area contributed by atoms with Crippen molar-refractivity contribution in [2.75, 3.05) is 19.0 Å². The van der Waals surface area contributed by atoms with Crippen LogP contribution < -0.4 is 21.3 Å². The standard InChI is InChI=1S/C25H21F3N4O6S2/c1-38-24(37)16(11-30-21(34)17-6-3-7-39-17)32-23(36)20-14(25(26,27)28)9-18(40-20)22(35)29-10-12-4-2-5-15-13(12)8-19(33)31-15/h2-7,9,16H,8,10-11H2,1H3,(H,29,35)(H,30,34)(H,31,33)(H,32,36). The number of benzene rings is 1. The molecule has 40 heavy (non-hydrogen) atoms. The molecule has 0 fully saturated rings. The van der Waals surface area contributed by atoms with Gasteiger partial charge in [-0.05, 0) is 34.7 Å². The second kappa shape index (κ2) is 11.9. The molecule has 0 aliphatic carbocycles. The average Bonchev–Trinajstić information content (AvgIpc) is 3.67. The maximum absolute atomic E-state index is 13.8. The fourth-order valence-electron chi connectivity index (χ4n) is 3.87. The first kappa shape index (κ1) is 28.8. The lowest BCUT2D eigenvalue weighted by Gasteiger charge is -2.17. The number of carbonyl (C=O) groups is 5. The number of hydrogen-bond acceptors (Lipinski definition) is 8. The first-order valence-electron chi connectivity index (χ1n) is 11.6. The summed E-state index contributed by atoms with van der Waals surface area (Å²) in [7, 11) is 1.02. The lowest BCUT2D eigenvalue weighted by molar-refractivity contribution is -0.142. The smallest absolute Gasteiger partial charge is 0.418 e. The summed E-state index contributed by atoms with van der Waals surface area (Å²) in [5, 5.41) is 11.4. The van der Waals surface area contributed by atoms with Crippen molar-refractivity contribution in [2.24, 2.45) is 0 Å². The number of anilines is 1. The Bertz CT molecular complexity index is 1470. The molecule has 3 heterocycles. The maximum atomic E-state index is 13.8. The molecule has 4 rings (SSSR count). The van der Waals surface area contributed by atoms with E-state index >= 15 is 0 Å². The summed E-state index contributed by atoms with van der Waals surface area (Å²) in [5.41, 5.74) is 0.523. The van der Waals surface area contributed by atoms with E-state index in [1.807, 2.05) is 0 Å². The van der Waals surface area contributed by atoms with Gasteiger partial charge in [-0.15, -0.1) is 22.7 Å². The van der Waals surface area contributed by atoms with Gasteiger partial charge in [0.05, 0.1) is 28.8 Å². The molecule has 1 aliphatic heterocycles. The minimum Gasteiger partial charge on any atom is -0.467 e. The number of fused-ring (bicyclic) bond motifs is 1. The van der Waals surface area contributed by atoms with E-state index in [0.29, 0.717) is 39.1 Å². The van der Waals surface area contributed by atoms with E-state index in [4.69, 9.17) is 0 Å². The molecular formula is C25H21F3N4O6S2. The zero-order chi connectivity index (χ0) is 29.0. The Kier molecular flexibility index (Phi) is 8.54. The fraction of sp³-hybridized carbons (Fsp3) is 0.240. The molecule has 10 nitrogen and oxygen atoms in total. The van der Waals surface area contributed by atoms with Crippen LogP contribution in [0.4, 0.5) is 18.9 Å². The van der Waals surface area contributed by atoms with Crippen LogP contribution in [0.15, 0.2) is 41.8 Å². The highest BCUT2D eigenvalue weighted by atomic mass is 32.1. The third-order valence-electron chi connectivity index (χ3n) is 5.79. The van der Waals surface area contributed by atoms with Gasteiger partial charge in [0.1, 0.15) is 10.9 Å². The number of alkyl halides is 3. The van der Waals surface area contributed by atoms with Gasteiger partial charge in [-0.2, -0.15) is 13.2 Å². The summed E-state index contributed by atoms with van der Waals surface area (Å²) in [6, 6.07) is 7.26. The molecule has 4 amide bonds. The van der Waals surface area contributed by atoms with Crippen molar-refractivity contribution in [3.63, 3.8) is 0 Å². The predicted octanol–water partition coefficient (Wildman–Crippen LogP) is 2.95. The zero-order valence-corrected chi connectivity index (χ0v) is 22.3. The van der Waals surface area contributed by atoms with Crippen molar-refractivity contribution in [2.45, 2.75) is 25.2 Å². The average molecular weight is 595 g/mol. The molecular weight excluding hydrogens is 573 g/mol. The summed E-state index contributed by atoms with van der Waals surface area (Å²) in [5.74, 6) is -3.90. The van der Waals surface area contributed by atoms with Crippen LogP contribution in [0.25, 0.3) is 0 Å². The Morgan fingerprint density at radius 1 is 1.05 bits per heavy atom. The molecule has 15 heteroatoms. The third-order valence-corrected chi connectivity index (χ3v) is 7.80. The van der Waals surface area contributed by atoms with Crippen molar-refractivity contribution in [3.05, 3.63) is 73.1 Å². The van der Waals surface area contributed by atoms with Gasteiger partial charge in [0, 0.05) is 18.8 Å². The van der Waals surface area contributed by atoms with Crippen molar-refractivity contribution in [1.82, 2.24) is 16.0 Å². The van der Waals surface area contributed by atoms with E-state index in [1.165, 1.54) is 6.07 Å². The number of ether oxygens (including phenoxy) is 1. The van der Waals surface area contributed by atoms with Crippen LogP contribution in [0.3, 0.4) is 0 Å².